The average molecular weight is 288 g/mol. The number of benzene rings is 1. The molecule has 1 aromatic rings. The summed E-state index contributed by atoms with van der Waals surface area (Å²) in [5.41, 5.74) is 0.374. The number of carbonyl (C=O) groups excluding carboxylic acids is 2. The van der Waals surface area contributed by atoms with E-state index in [1.54, 1.807) is 5.32 Å². The first-order valence-corrected chi connectivity index (χ1v) is 5.66. The first kappa shape index (κ1) is 14.2. The van der Waals surface area contributed by atoms with Crippen LogP contribution in [-0.4, -0.2) is 31.1 Å². The van der Waals surface area contributed by atoms with E-state index in [1.165, 1.54) is 37.1 Å². The SMILES string of the molecule is CC1Oc2cc(NC(=O)C(F)(F)F)ccc2N(C)C1=O. The van der Waals surface area contributed by atoms with Crippen LogP contribution < -0.4 is 15.0 Å². The minimum Gasteiger partial charge on any atom is -0.479 e. The molecule has 0 aliphatic carbocycles. The van der Waals surface area contributed by atoms with Gasteiger partial charge in [-0.15, -0.1) is 0 Å². The third kappa shape index (κ3) is 2.54. The van der Waals surface area contributed by atoms with Crippen LogP contribution in [0.4, 0.5) is 24.5 Å². The second-order valence-corrected chi connectivity index (χ2v) is 4.29. The van der Waals surface area contributed by atoms with Crippen molar-refractivity contribution in [2.45, 2.75) is 19.2 Å². The number of hydrogen-bond donors (Lipinski definition) is 1. The summed E-state index contributed by atoms with van der Waals surface area (Å²) in [6.07, 6.45) is -5.70. The van der Waals surface area contributed by atoms with Crippen molar-refractivity contribution >= 4 is 23.2 Å². The number of likely N-dealkylation sites (N-methyl/N-ethyl adjacent to an activating group) is 1. The van der Waals surface area contributed by atoms with Gasteiger partial charge in [0.1, 0.15) is 5.75 Å². The molecular weight excluding hydrogens is 277 g/mol. The quantitative estimate of drug-likeness (QED) is 0.859. The van der Waals surface area contributed by atoms with Crippen molar-refractivity contribution < 1.29 is 27.5 Å². The minimum atomic E-state index is -4.96. The van der Waals surface area contributed by atoms with Crippen LogP contribution in [0.25, 0.3) is 0 Å². The summed E-state index contributed by atoms with van der Waals surface area (Å²) in [5.74, 6) is -2.09. The second kappa shape index (κ2) is 4.69. The van der Waals surface area contributed by atoms with Crippen LogP contribution in [0.2, 0.25) is 0 Å². The third-order valence-corrected chi connectivity index (χ3v) is 2.82. The lowest BCUT2D eigenvalue weighted by Gasteiger charge is -2.30. The summed E-state index contributed by atoms with van der Waals surface area (Å²) in [7, 11) is 1.54. The van der Waals surface area contributed by atoms with Gasteiger partial charge in [0, 0.05) is 18.8 Å². The molecule has 5 nitrogen and oxygen atoms in total. The largest absolute Gasteiger partial charge is 0.479 e. The Labute approximate surface area is 112 Å². The Morgan fingerprint density at radius 2 is 2.05 bits per heavy atom. The molecule has 0 aromatic heterocycles. The lowest BCUT2D eigenvalue weighted by Crippen LogP contribution is -2.42. The Morgan fingerprint density at radius 3 is 2.65 bits per heavy atom. The second-order valence-electron chi connectivity index (χ2n) is 4.29. The molecule has 0 saturated carbocycles. The van der Waals surface area contributed by atoms with Crippen molar-refractivity contribution in [1.82, 2.24) is 0 Å². The van der Waals surface area contributed by atoms with Crippen LogP contribution in [0.5, 0.6) is 5.75 Å². The first-order valence-electron chi connectivity index (χ1n) is 5.66. The molecule has 0 fully saturated rings. The minimum absolute atomic E-state index is 0.0546. The van der Waals surface area contributed by atoms with Gasteiger partial charge in [-0.25, -0.2) is 0 Å². The van der Waals surface area contributed by atoms with Crippen LogP contribution in [0, 0.1) is 0 Å². The Hall–Kier alpha value is -2.25. The Balaban J connectivity index is 2.27. The van der Waals surface area contributed by atoms with E-state index >= 15 is 0 Å². The highest BCUT2D eigenvalue weighted by molar-refractivity contribution is 6.00. The smallest absolute Gasteiger partial charge is 0.471 e. The number of halogens is 3. The molecule has 0 radical (unpaired) electrons. The van der Waals surface area contributed by atoms with Gasteiger partial charge in [-0.1, -0.05) is 0 Å². The number of anilines is 2. The Bertz CT molecular complexity index is 572. The molecule has 8 heteroatoms. The number of hydrogen-bond acceptors (Lipinski definition) is 3. The van der Waals surface area contributed by atoms with Gasteiger partial charge in [-0.3, -0.25) is 9.59 Å². The zero-order chi connectivity index (χ0) is 15.1. The zero-order valence-electron chi connectivity index (χ0n) is 10.6. The molecule has 1 N–H and O–H groups in total. The molecule has 0 spiro atoms. The maximum absolute atomic E-state index is 12.2. The lowest BCUT2D eigenvalue weighted by atomic mass is 10.2. The van der Waals surface area contributed by atoms with E-state index in [9.17, 15) is 22.8 Å². The highest BCUT2D eigenvalue weighted by atomic mass is 19.4. The number of carbonyl (C=O) groups is 2. The molecule has 108 valence electrons. The summed E-state index contributed by atoms with van der Waals surface area (Å²) < 4.78 is 41.8. The summed E-state index contributed by atoms with van der Waals surface area (Å²) in [4.78, 5) is 23.9. The number of ether oxygens (including phenoxy) is 1. The maximum atomic E-state index is 12.2. The van der Waals surface area contributed by atoms with E-state index in [2.05, 4.69) is 0 Å². The number of nitrogens with zero attached hydrogens (tertiary/aromatic N) is 1. The molecular formula is C12H11F3N2O3. The van der Waals surface area contributed by atoms with E-state index < -0.39 is 18.2 Å². The van der Waals surface area contributed by atoms with E-state index in [-0.39, 0.29) is 17.3 Å². The fourth-order valence-electron chi connectivity index (χ4n) is 1.80. The van der Waals surface area contributed by atoms with Crippen LogP contribution >= 0.6 is 0 Å². The van der Waals surface area contributed by atoms with Gasteiger partial charge >= 0.3 is 12.1 Å². The normalized spacial score (nSPS) is 18.4. The number of rotatable bonds is 1. The van der Waals surface area contributed by atoms with Gasteiger partial charge in [-0.2, -0.15) is 13.2 Å². The zero-order valence-corrected chi connectivity index (χ0v) is 10.6. The molecule has 1 atom stereocenters. The molecule has 1 heterocycles. The summed E-state index contributed by atoms with van der Waals surface area (Å²) in [5, 5.41) is 1.73. The van der Waals surface area contributed by atoms with Crippen molar-refractivity contribution in [3.05, 3.63) is 18.2 Å². The fraction of sp³-hybridized carbons (Fsp3) is 0.333. The van der Waals surface area contributed by atoms with E-state index in [0.29, 0.717) is 5.69 Å². The van der Waals surface area contributed by atoms with Crippen LogP contribution in [0.1, 0.15) is 6.92 Å². The number of nitrogens with one attached hydrogen (secondary N) is 1. The molecule has 1 aliphatic rings. The molecule has 1 unspecified atom stereocenters. The molecule has 20 heavy (non-hydrogen) atoms. The molecule has 0 bridgehead atoms. The van der Waals surface area contributed by atoms with Crippen molar-refractivity contribution in [3.8, 4) is 5.75 Å². The first-order chi connectivity index (χ1) is 9.20. The lowest BCUT2D eigenvalue weighted by molar-refractivity contribution is -0.167. The van der Waals surface area contributed by atoms with Gasteiger partial charge in [-0.05, 0) is 19.1 Å². The Kier molecular flexibility index (Phi) is 3.33. The number of alkyl halides is 3. The van der Waals surface area contributed by atoms with Crippen LogP contribution in [0.3, 0.4) is 0 Å². The third-order valence-electron chi connectivity index (χ3n) is 2.82. The van der Waals surface area contributed by atoms with Gasteiger partial charge in [0.2, 0.25) is 0 Å². The molecule has 2 rings (SSSR count). The van der Waals surface area contributed by atoms with Crippen molar-refractivity contribution in [3.63, 3.8) is 0 Å². The van der Waals surface area contributed by atoms with Gasteiger partial charge in [0.25, 0.3) is 5.91 Å². The topological polar surface area (TPSA) is 58.6 Å². The van der Waals surface area contributed by atoms with Gasteiger partial charge in [0.15, 0.2) is 6.10 Å². The fourth-order valence-corrected chi connectivity index (χ4v) is 1.80. The van der Waals surface area contributed by atoms with Crippen molar-refractivity contribution in [1.29, 1.82) is 0 Å². The molecule has 0 saturated heterocycles. The summed E-state index contributed by atoms with van der Waals surface area (Å²) >= 11 is 0. The number of fused-ring (bicyclic) bond motifs is 1. The van der Waals surface area contributed by atoms with Gasteiger partial charge < -0.3 is 15.0 Å². The maximum Gasteiger partial charge on any atom is 0.471 e. The highest BCUT2D eigenvalue weighted by Crippen LogP contribution is 2.35. The van der Waals surface area contributed by atoms with E-state index in [1.807, 2.05) is 0 Å². The summed E-state index contributed by atoms with van der Waals surface area (Å²) in [6.45, 7) is 1.53. The van der Waals surface area contributed by atoms with E-state index in [4.69, 9.17) is 4.74 Å². The number of amides is 2. The van der Waals surface area contributed by atoms with Crippen molar-refractivity contribution in [2.24, 2.45) is 0 Å². The predicted molar refractivity (Wildman–Crippen MR) is 64.6 cm³/mol. The van der Waals surface area contributed by atoms with Gasteiger partial charge in [0.05, 0.1) is 5.69 Å². The van der Waals surface area contributed by atoms with Crippen LogP contribution in [0.15, 0.2) is 18.2 Å². The average Bonchev–Trinajstić information content (AvgIpc) is 2.35. The predicted octanol–water partition coefficient (Wildman–Crippen LogP) is 1.93. The Morgan fingerprint density at radius 1 is 1.40 bits per heavy atom. The highest BCUT2D eigenvalue weighted by Gasteiger charge is 2.39. The standard InChI is InChI=1S/C12H11F3N2O3/c1-6-10(18)17(2)8-4-3-7(5-9(8)20-6)16-11(19)12(13,14)15/h3-6H,1-2H3,(H,16,19). The molecule has 1 aliphatic heterocycles. The van der Waals surface area contributed by atoms with Crippen molar-refractivity contribution in [2.75, 3.05) is 17.3 Å². The van der Waals surface area contributed by atoms with Crippen LogP contribution in [-0.2, 0) is 9.59 Å². The van der Waals surface area contributed by atoms with E-state index in [0.717, 1.165) is 0 Å². The molecule has 1 aromatic carbocycles. The molecule has 2 amide bonds. The summed E-state index contributed by atoms with van der Waals surface area (Å²) in [6, 6.07) is 3.93. The monoisotopic (exact) mass is 288 g/mol.